The molecule has 0 aliphatic carbocycles. The van der Waals surface area contributed by atoms with Gasteiger partial charge in [-0.25, -0.2) is 10.2 Å². The van der Waals surface area contributed by atoms with Crippen LogP contribution in [0.4, 0.5) is 4.39 Å². The monoisotopic (exact) mass is 240 g/mol. The van der Waals surface area contributed by atoms with E-state index in [0.29, 0.717) is 24.2 Å². The molecule has 0 bridgehead atoms. The highest BCUT2D eigenvalue weighted by Gasteiger charge is 2.08. The van der Waals surface area contributed by atoms with Crippen molar-refractivity contribution in [1.29, 1.82) is 0 Å². The Morgan fingerprint density at radius 2 is 2.29 bits per heavy atom. The van der Waals surface area contributed by atoms with Crippen molar-refractivity contribution in [2.24, 2.45) is 5.84 Å². The molecule has 17 heavy (non-hydrogen) atoms. The summed E-state index contributed by atoms with van der Waals surface area (Å²) in [5, 5.41) is 0. The molecular weight excluding hydrogens is 223 g/mol. The van der Waals surface area contributed by atoms with Crippen molar-refractivity contribution >= 4 is 5.91 Å². The molecule has 1 atom stereocenters. The van der Waals surface area contributed by atoms with Gasteiger partial charge in [0.2, 0.25) is 5.91 Å². The number of rotatable bonds is 5. The fourth-order valence-corrected chi connectivity index (χ4v) is 1.39. The Morgan fingerprint density at radius 1 is 1.59 bits per heavy atom. The second-order valence-corrected chi connectivity index (χ2v) is 3.95. The molecule has 0 aliphatic heterocycles. The van der Waals surface area contributed by atoms with Crippen LogP contribution in [0.25, 0.3) is 0 Å². The van der Waals surface area contributed by atoms with E-state index >= 15 is 0 Å². The molecular formula is C12H17FN2O2. The fraction of sp³-hybridized carbons (Fsp3) is 0.417. The van der Waals surface area contributed by atoms with Crippen molar-refractivity contribution in [3.8, 4) is 5.75 Å². The van der Waals surface area contributed by atoms with Crippen molar-refractivity contribution in [2.75, 3.05) is 0 Å². The lowest BCUT2D eigenvalue weighted by Gasteiger charge is -2.14. The summed E-state index contributed by atoms with van der Waals surface area (Å²) in [5.74, 6) is 5.08. The molecule has 1 amide bonds. The van der Waals surface area contributed by atoms with Gasteiger partial charge in [0.1, 0.15) is 11.6 Å². The smallest absolute Gasteiger partial charge is 0.234 e. The first-order valence-corrected chi connectivity index (χ1v) is 5.45. The largest absolute Gasteiger partial charge is 0.491 e. The molecule has 0 saturated heterocycles. The van der Waals surface area contributed by atoms with Gasteiger partial charge in [-0.05, 0) is 44.0 Å². The van der Waals surface area contributed by atoms with Crippen LogP contribution in [0.2, 0.25) is 0 Å². The number of nitrogens with one attached hydrogen (secondary N) is 1. The number of ether oxygens (including phenoxy) is 1. The SMILES string of the molecule is Cc1cc(OC(C)CCC(=O)NN)ccc1F. The Labute approximate surface area is 99.9 Å². The number of hydrogen-bond donors (Lipinski definition) is 2. The number of halogens is 1. The molecule has 0 spiro atoms. The maximum atomic E-state index is 13.0. The highest BCUT2D eigenvalue weighted by atomic mass is 19.1. The molecule has 5 heteroatoms. The van der Waals surface area contributed by atoms with E-state index in [1.54, 1.807) is 19.1 Å². The summed E-state index contributed by atoms with van der Waals surface area (Å²) in [4.78, 5) is 10.9. The van der Waals surface area contributed by atoms with Crippen molar-refractivity contribution in [3.05, 3.63) is 29.6 Å². The van der Waals surface area contributed by atoms with Crippen molar-refractivity contribution in [1.82, 2.24) is 5.43 Å². The van der Waals surface area contributed by atoms with Crippen LogP contribution in [-0.2, 0) is 4.79 Å². The summed E-state index contributed by atoms with van der Waals surface area (Å²) in [7, 11) is 0. The van der Waals surface area contributed by atoms with Crippen molar-refractivity contribution in [2.45, 2.75) is 32.8 Å². The zero-order chi connectivity index (χ0) is 12.8. The minimum absolute atomic E-state index is 0.128. The Bertz CT molecular complexity index is 396. The van der Waals surface area contributed by atoms with E-state index in [1.165, 1.54) is 6.07 Å². The summed E-state index contributed by atoms with van der Waals surface area (Å²) in [6, 6.07) is 4.57. The molecule has 0 heterocycles. The maximum Gasteiger partial charge on any atom is 0.234 e. The van der Waals surface area contributed by atoms with Crippen molar-refractivity contribution in [3.63, 3.8) is 0 Å². The molecule has 0 radical (unpaired) electrons. The van der Waals surface area contributed by atoms with E-state index in [1.807, 2.05) is 6.92 Å². The summed E-state index contributed by atoms with van der Waals surface area (Å²) in [6.07, 6.45) is 0.731. The second kappa shape index (κ2) is 6.20. The van der Waals surface area contributed by atoms with E-state index in [9.17, 15) is 9.18 Å². The highest BCUT2D eigenvalue weighted by molar-refractivity contribution is 5.75. The Kier molecular flexibility index (Phi) is 4.90. The molecule has 0 aliphatic rings. The molecule has 1 rings (SSSR count). The summed E-state index contributed by atoms with van der Waals surface area (Å²) >= 11 is 0. The molecule has 94 valence electrons. The van der Waals surface area contributed by atoms with Gasteiger partial charge in [-0.15, -0.1) is 0 Å². The van der Waals surface area contributed by atoms with Crippen LogP contribution >= 0.6 is 0 Å². The number of hydrogen-bond acceptors (Lipinski definition) is 3. The maximum absolute atomic E-state index is 13.0. The summed E-state index contributed by atoms with van der Waals surface area (Å²) in [6.45, 7) is 3.53. The highest BCUT2D eigenvalue weighted by Crippen LogP contribution is 2.18. The van der Waals surface area contributed by atoms with Crippen molar-refractivity contribution < 1.29 is 13.9 Å². The predicted octanol–water partition coefficient (Wildman–Crippen LogP) is 1.67. The molecule has 1 aromatic rings. The number of nitrogens with two attached hydrogens (primary N) is 1. The Morgan fingerprint density at radius 3 is 2.88 bits per heavy atom. The first-order valence-electron chi connectivity index (χ1n) is 5.45. The summed E-state index contributed by atoms with van der Waals surface area (Å²) < 4.78 is 18.6. The lowest BCUT2D eigenvalue weighted by atomic mass is 10.2. The topological polar surface area (TPSA) is 64.3 Å². The van der Waals surface area contributed by atoms with Crippen LogP contribution in [0, 0.1) is 12.7 Å². The van der Waals surface area contributed by atoms with Gasteiger partial charge in [-0.1, -0.05) is 0 Å². The van der Waals surface area contributed by atoms with E-state index < -0.39 is 0 Å². The third-order valence-corrected chi connectivity index (χ3v) is 2.41. The van der Waals surface area contributed by atoms with E-state index in [0.717, 1.165) is 0 Å². The molecule has 1 unspecified atom stereocenters. The third kappa shape index (κ3) is 4.40. The van der Waals surface area contributed by atoms with Crippen LogP contribution < -0.4 is 16.0 Å². The predicted molar refractivity (Wildman–Crippen MR) is 62.8 cm³/mol. The Balaban J connectivity index is 2.47. The standard InChI is InChI=1S/C12H17FN2O2/c1-8-7-10(4-5-11(8)13)17-9(2)3-6-12(16)15-14/h4-5,7,9H,3,6,14H2,1-2H3,(H,15,16). The molecule has 3 N–H and O–H groups in total. The number of hydrazine groups is 1. The van der Waals surface area contributed by atoms with Crippen LogP contribution in [-0.4, -0.2) is 12.0 Å². The van der Waals surface area contributed by atoms with Crippen LogP contribution in [0.3, 0.4) is 0 Å². The fourth-order valence-electron chi connectivity index (χ4n) is 1.39. The third-order valence-electron chi connectivity index (χ3n) is 2.41. The normalized spacial score (nSPS) is 12.0. The average molecular weight is 240 g/mol. The van der Waals surface area contributed by atoms with Gasteiger partial charge in [0, 0.05) is 6.42 Å². The zero-order valence-electron chi connectivity index (χ0n) is 10.00. The van der Waals surface area contributed by atoms with E-state index in [4.69, 9.17) is 10.6 Å². The lowest BCUT2D eigenvalue weighted by Crippen LogP contribution is -2.30. The van der Waals surface area contributed by atoms with Gasteiger partial charge in [0.05, 0.1) is 6.10 Å². The zero-order valence-corrected chi connectivity index (χ0v) is 10.00. The molecule has 0 saturated carbocycles. The van der Waals surface area contributed by atoms with Gasteiger partial charge in [-0.2, -0.15) is 0 Å². The van der Waals surface area contributed by atoms with E-state index in [2.05, 4.69) is 5.43 Å². The average Bonchev–Trinajstić information content (AvgIpc) is 2.31. The number of carbonyl (C=O) groups is 1. The number of benzene rings is 1. The first kappa shape index (κ1) is 13.4. The number of amides is 1. The number of aryl methyl sites for hydroxylation is 1. The molecule has 4 nitrogen and oxygen atoms in total. The van der Waals surface area contributed by atoms with Gasteiger partial charge in [0.15, 0.2) is 0 Å². The molecule has 0 aromatic heterocycles. The second-order valence-electron chi connectivity index (χ2n) is 3.95. The van der Waals surface area contributed by atoms with Crippen LogP contribution in [0.1, 0.15) is 25.3 Å². The quantitative estimate of drug-likeness (QED) is 0.467. The van der Waals surface area contributed by atoms with Gasteiger partial charge >= 0.3 is 0 Å². The first-order chi connectivity index (χ1) is 8.02. The molecule has 1 aromatic carbocycles. The minimum atomic E-state index is -0.257. The number of carbonyl (C=O) groups excluding carboxylic acids is 1. The van der Waals surface area contributed by atoms with Gasteiger partial charge in [-0.3, -0.25) is 10.2 Å². The Hall–Kier alpha value is -1.62. The van der Waals surface area contributed by atoms with Gasteiger partial charge in [0.25, 0.3) is 0 Å². The van der Waals surface area contributed by atoms with Crippen LogP contribution in [0.5, 0.6) is 5.75 Å². The lowest BCUT2D eigenvalue weighted by molar-refractivity contribution is -0.121. The minimum Gasteiger partial charge on any atom is -0.491 e. The van der Waals surface area contributed by atoms with Gasteiger partial charge < -0.3 is 4.74 Å². The van der Waals surface area contributed by atoms with E-state index in [-0.39, 0.29) is 17.8 Å². The van der Waals surface area contributed by atoms with Crippen LogP contribution in [0.15, 0.2) is 18.2 Å². The summed E-state index contributed by atoms with van der Waals surface area (Å²) in [5.41, 5.74) is 2.59. The molecule has 0 fully saturated rings.